The SMILES string of the molecule is O=C1CCCCC1Sc1ccc2ccccc2c1. The number of hydrogen-bond donors (Lipinski definition) is 0. The van der Waals surface area contributed by atoms with Crippen LogP contribution < -0.4 is 0 Å². The third kappa shape index (κ3) is 2.44. The molecule has 0 N–H and O–H groups in total. The zero-order valence-electron chi connectivity index (χ0n) is 10.3. The molecule has 1 unspecified atom stereocenters. The van der Waals surface area contributed by atoms with E-state index in [-0.39, 0.29) is 5.25 Å². The van der Waals surface area contributed by atoms with Gasteiger partial charge in [0.15, 0.2) is 0 Å². The van der Waals surface area contributed by atoms with Gasteiger partial charge in [-0.15, -0.1) is 11.8 Å². The summed E-state index contributed by atoms with van der Waals surface area (Å²) in [7, 11) is 0. The molecule has 0 aromatic heterocycles. The zero-order chi connectivity index (χ0) is 12.4. The monoisotopic (exact) mass is 256 g/mol. The standard InChI is InChI=1S/C16H16OS/c17-15-7-3-4-8-16(15)18-14-10-9-12-5-1-2-6-13(12)11-14/h1-2,5-6,9-11,16H,3-4,7-8H2. The Bertz CT molecular complexity index is 576. The molecule has 2 aromatic carbocycles. The number of rotatable bonds is 2. The highest BCUT2D eigenvalue weighted by Gasteiger charge is 2.22. The van der Waals surface area contributed by atoms with Gasteiger partial charge in [-0.2, -0.15) is 0 Å². The normalized spacial score (nSPS) is 20.2. The molecule has 1 aliphatic carbocycles. The van der Waals surface area contributed by atoms with Crippen LogP contribution in [-0.2, 0) is 4.79 Å². The molecule has 0 saturated heterocycles. The first-order valence-electron chi connectivity index (χ1n) is 6.51. The summed E-state index contributed by atoms with van der Waals surface area (Å²) in [6.07, 6.45) is 4.08. The number of thioether (sulfide) groups is 1. The van der Waals surface area contributed by atoms with E-state index in [1.54, 1.807) is 11.8 Å². The number of carbonyl (C=O) groups excluding carboxylic acids is 1. The maximum Gasteiger partial charge on any atom is 0.146 e. The Kier molecular flexibility index (Phi) is 3.37. The summed E-state index contributed by atoms with van der Waals surface area (Å²) in [5.74, 6) is 0.430. The van der Waals surface area contributed by atoms with Gasteiger partial charge in [0.05, 0.1) is 5.25 Å². The summed E-state index contributed by atoms with van der Waals surface area (Å²) >= 11 is 1.74. The average molecular weight is 256 g/mol. The molecular formula is C16H16OS. The zero-order valence-corrected chi connectivity index (χ0v) is 11.1. The lowest BCUT2D eigenvalue weighted by Crippen LogP contribution is -2.21. The van der Waals surface area contributed by atoms with Gasteiger partial charge in [-0.3, -0.25) is 4.79 Å². The second kappa shape index (κ2) is 5.15. The predicted molar refractivity (Wildman–Crippen MR) is 77.1 cm³/mol. The van der Waals surface area contributed by atoms with Gasteiger partial charge in [0, 0.05) is 11.3 Å². The van der Waals surface area contributed by atoms with E-state index in [2.05, 4.69) is 42.5 Å². The number of carbonyl (C=O) groups is 1. The van der Waals surface area contributed by atoms with Crippen molar-refractivity contribution in [2.24, 2.45) is 0 Å². The molecule has 0 amide bonds. The molecule has 1 saturated carbocycles. The van der Waals surface area contributed by atoms with Gasteiger partial charge in [-0.25, -0.2) is 0 Å². The van der Waals surface area contributed by atoms with Gasteiger partial charge in [-0.05, 0) is 35.7 Å². The van der Waals surface area contributed by atoms with Gasteiger partial charge in [0.25, 0.3) is 0 Å². The highest BCUT2D eigenvalue weighted by molar-refractivity contribution is 8.00. The van der Waals surface area contributed by atoms with E-state index in [9.17, 15) is 4.79 Å². The lowest BCUT2D eigenvalue weighted by Gasteiger charge is -2.19. The summed E-state index contributed by atoms with van der Waals surface area (Å²) < 4.78 is 0. The van der Waals surface area contributed by atoms with Crippen molar-refractivity contribution < 1.29 is 4.79 Å². The topological polar surface area (TPSA) is 17.1 Å². The van der Waals surface area contributed by atoms with Gasteiger partial charge in [0.2, 0.25) is 0 Å². The molecule has 92 valence electrons. The lowest BCUT2D eigenvalue weighted by molar-refractivity contribution is -0.119. The summed E-state index contributed by atoms with van der Waals surface area (Å²) in [6, 6.07) is 14.8. The van der Waals surface area contributed by atoms with Gasteiger partial charge < -0.3 is 0 Å². The maximum absolute atomic E-state index is 11.8. The minimum absolute atomic E-state index is 0.180. The average Bonchev–Trinajstić information content (AvgIpc) is 2.41. The molecule has 1 aliphatic rings. The van der Waals surface area contributed by atoms with Gasteiger partial charge in [-0.1, -0.05) is 36.8 Å². The number of ketones is 1. The van der Waals surface area contributed by atoms with Gasteiger partial charge >= 0.3 is 0 Å². The second-order valence-corrected chi connectivity index (χ2v) is 6.10. The number of benzene rings is 2. The molecule has 2 heteroatoms. The van der Waals surface area contributed by atoms with Crippen molar-refractivity contribution in [2.75, 3.05) is 0 Å². The Balaban J connectivity index is 1.83. The summed E-state index contributed by atoms with van der Waals surface area (Å²) in [5.41, 5.74) is 0. The molecule has 1 atom stereocenters. The van der Waals surface area contributed by atoms with Crippen LogP contribution >= 0.6 is 11.8 Å². The third-order valence-corrected chi connectivity index (χ3v) is 4.81. The minimum atomic E-state index is 0.180. The Labute approximate surface area is 112 Å². The van der Waals surface area contributed by atoms with E-state index < -0.39 is 0 Å². The molecule has 1 fully saturated rings. The minimum Gasteiger partial charge on any atom is -0.298 e. The molecule has 0 spiro atoms. The summed E-state index contributed by atoms with van der Waals surface area (Å²) in [5, 5.41) is 2.70. The Hall–Kier alpha value is -1.28. The molecular weight excluding hydrogens is 240 g/mol. The third-order valence-electron chi connectivity index (χ3n) is 3.50. The first kappa shape index (κ1) is 11.8. The van der Waals surface area contributed by atoms with Crippen LogP contribution in [0.1, 0.15) is 25.7 Å². The van der Waals surface area contributed by atoms with Crippen molar-refractivity contribution >= 4 is 28.3 Å². The van der Waals surface area contributed by atoms with Crippen LogP contribution in [0.25, 0.3) is 10.8 Å². The van der Waals surface area contributed by atoms with E-state index in [1.165, 1.54) is 22.1 Å². The first-order valence-corrected chi connectivity index (χ1v) is 7.39. The Morgan fingerprint density at radius 1 is 1.00 bits per heavy atom. The van der Waals surface area contributed by atoms with E-state index >= 15 is 0 Å². The first-order chi connectivity index (χ1) is 8.83. The van der Waals surface area contributed by atoms with Crippen molar-refractivity contribution in [1.82, 2.24) is 0 Å². The highest BCUT2D eigenvalue weighted by Crippen LogP contribution is 2.33. The van der Waals surface area contributed by atoms with Crippen LogP contribution in [0.5, 0.6) is 0 Å². The fourth-order valence-corrected chi connectivity index (χ4v) is 3.68. The van der Waals surface area contributed by atoms with Crippen molar-refractivity contribution in [3.63, 3.8) is 0 Å². The molecule has 0 heterocycles. The van der Waals surface area contributed by atoms with Crippen LogP contribution in [0, 0.1) is 0 Å². The Morgan fingerprint density at radius 3 is 2.67 bits per heavy atom. The van der Waals surface area contributed by atoms with E-state index in [0.717, 1.165) is 19.3 Å². The largest absolute Gasteiger partial charge is 0.298 e. The fourth-order valence-electron chi connectivity index (χ4n) is 2.48. The van der Waals surface area contributed by atoms with Crippen molar-refractivity contribution in [1.29, 1.82) is 0 Å². The predicted octanol–water partition coefficient (Wildman–Crippen LogP) is 4.44. The fraction of sp³-hybridized carbons (Fsp3) is 0.312. The van der Waals surface area contributed by atoms with Crippen LogP contribution in [-0.4, -0.2) is 11.0 Å². The second-order valence-electron chi connectivity index (χ2n) is 4.83. The summed E-state index contributed by atoms with van der Waals surface area (Å²) in [6.45, 7) is 0. The molecule has 2 aromatic rings. The highest BCUT2D eigenvalue weighted by atomic mass is 32.2. The van der Waals surface area contributed by atoms with Crippen molar-refractivity contribution in [2.45, 2.75) is 35.8 Å². The van der Waals surface area contributed by atoms with E-state index in [4.69, 9.17) is 0 Å². The molecule has 18 heavy (non-hydrogen) atoms. The molecule has 0 bridgehead atoms. The molecule has 3 rings (SSSR count). The molecule has 0 radical (unpaired) electrons. The number of fused-ring (bicyclic) bond motifs is 1. The molecule has 0 aliphatic heterocycles. The quantitative estimate of drug-likeness (QED) is 0.790. The number of hydrogen-bond acceptors (Lipinski definition) is 2. The van der Waals surface area contributed by atoms with E-state index in [1.807, 2.05) is 0 Å². The van der Waals surface area contributed by atoms with Crippen LogP contribution in [0.15, 0.2) is 47.4 Å². The number of Topliss-reactive ketones (excluding diaryl/α,β-unsaturated/α-hetero) is 1. The van der Waals surface area contributed by atoms with Crippen LogP contribution in [0.2, 0.25) is 0 Å². The maximum atomic E-state index is 11.8. The van der Waals surface area contributed by atoms with E-state index in [0.29, 0.717) is 5.78 Å². The van der Waals surface area contributed by atoms with Crippen LogP contribution in [0.3, 0.4) is 0 Å². The van der Waals surface area contributed by atoms with Crippen molar-refractivity contribution in [3.05, 3.63) is 42.5 Å². The lowest BCUT2D eigenvalue weighted by atomic mass is 9.99. The Morgan fingerprint density at radius 2 is 1.83 bits per heavy atom. The van der Waals surface area contributed by atoms with Gasteiger partial charge in [0.1, 0.15) is 5.78 Å². The van der Waals surface area contributed by atoms with Crippen LogP contribution in [0.4, 0.5) is 0 Å². The smallest absolute Gasteiger partial charge is 0.146 e. The molecule has 1 nitrogen and oxygen atoms in total. The summed E-state index contributed by atoms with van der Waals surface area (Å²) in [4.78, 5) is 13.1. The van der Waals surface area contributed by atoms with Crippen molar-refractivity contribution in [3.8, 4) is 0 Å².